The fraction of sp³-hybridized carbons (Fsp3) is 0.190. The number of rotatable bonds is 4. The molecule has 1 aliphatic heterocycles. The lowest BCUT2D eigenvalue weighted by Gasteiger charge is -2.09. The third-order valence-electron chi connectivity index (χ3n) is 4.36. The number of halogens is 1. The lowest BCUT2D eigenvalue weighted by atomic mass is 10.1. The van der Waals surface area contributed by atoms with Crippen LogP contribution in [0.15, 0.2) is 36.6 Å². The first-order valence-electron chi connectivity index (χ1n) is 8.55. The second-order valence-electron chi connectivity index (χ2n) is 6.54. The van der Waals surface area contributed by atoms with Crippen molar-refractivity contribution in [3.63, 3.8) is 0 Å². The third-order valence-corrected chi connectivity index (χ3v) is 6.04. The Balaban J connectivity index is 1.87. The molecule has 1 aliphatic carbocycles. The highest BCUT2D eigenvalue weighted by molar-refractivity contribution is 7.09. The fourth-order valence-electron chi connectivity index (χ4n) is 2.97. The first kappa shape index (κ1) is 18.0. The molecular weight excluding hydrogens is 382 g/mol. The van der Waals surface area contributed by atoms with Gasteiger partial charge in [-0.2, -0.15) is 0 Å². The van der Waals surface area contributed by atoms with Crippen molar-refractivity contribution in [2.75, 3.05) is 27.2 Å². The molecule has 4 nitrogen and oxygen atoms in total. The molecule has 2 aliphatic rings. The van der Waals surface area contributed by atoms with Gasteiger partial charge in [-0.3, -0.25) is 0 Å². The van der Waals surface area contributed by atoms with Crippen LogP contribution in [-0.2, 0) is 4.74 Å². The van der Waals surface area contributed by atoms with Gasteiger partial charge in [0.2, 0.25) is 0 Å². The van der Waals surface area contributed by atoms with Gasteiger partial charge < -0.3 is 14.4 Å². The van der Waals surface area contributed by atoms with E-state index in [2.05, 4.69) is 0 Å². The molecule has 0 unspecified atom stereocenters. The summed E-state index contributed by atoms with van der Waals surface area (Å²) in [6, 6.07) is 5.64. The number of carbonyl (C=O) groups is 1. The SMILES string of the molecule is CN(C)CCOC(=O)c1ccc2c(c1)=c1sc3c(c1C=CC=2)OC=CC=3Cl. The van der Waals surface area contributed by atoms with Crippen LogP contribution >= 0.6 is 22.9 Å². The van der Waals surface area contributed by atoms with Crippen LogP contribution in [0.5, 0.6) is 5.75 Å². The van der Waals surface area contributed by atoms with Gasteiger partial charge in [0, 0.05) is 21.9 Å². The van der Waals surface area contributed by atoms with Crippen LogP contribution < -0.4 is 14.5 Å². The van der Waals surface area contributed by atoms with Crippen molar-refractivity contribution < 1.29 is 14.3 Å². The molecule has 0 saturated carbocycles. The van der Waals surface area contributed by atoms with Gasteiger partial charge >= 0.3 is 5.97 Å². The largest absolute Gasteiger partial charge is 0.463 e. The number of benzene rings is 1. The Morgan fingerprint density at radius 1 is 1.26 bits per heavy atom. The summed E-state index contributed by atoms with van der Waals surface area (Å²) in [4.78, 5) is 14.4. The van der Waals surface area contributed by atoms with Crippen molar-refractivity contribution in [1.82, 2.24) is 4.90 Å². The number of allylic oxidation sites excluding steroid dienone is 2. The highest BCUT2D eigenvalue weighted by Crippen LogP contribution is 2.28. The van der Waals surface area contributed by atoms with E-state index in [4.69, 9.17) is 21.1 Å². The molecule has 1 aromatic carbocycles. The first-order valence-corrected chi connectivity index (χ1v) is 9.74. The number of hydrogen-bond donors (Lipinski definition) is 0. The molecule has 2 aromatic rings. The van der Waals surface area contributed by atoms with Gasteiger partial charge in [0.15, 0.2) is 5.75 Å². The van der Waals surface area contributed by atoms with Gasteiger partial charge in [-0.15, -0.1) is 11.3 Å². The summed E-state index contributed by atoms with van der Waals surface area (Å²) in [7, 11) is 3.89. The molecule has 138 valence electrons. The van der Waals surface area contributed by atoms with E-state index in [1.807, 2.05) is 49.4 Å². The van der Waals surface area contributed by atoms with Gasteiger partial charge in [-0.1, -0.05) is 29.8 Å². The number of likely N-dealkylation sites (N-methyl/N-ethyl adjacent to an activating group) is 1. The first-order chi connectivity index (χ1) is 13.0. The van der Waals surface area contributed by atoms with E-state index in [1.54, 1.807) is 29.7 Å². The van der Waals surface area contributed by atoms with E-state index in [0.29, 0.717) is 23.7 Å². The van der Waals surface area contributed by atoms with Crippen molar-refractivity contribution in [1.29, 1.82) is 0 Å². The van der Waals surface area contributed by atoms with Crippen LogP contribution in [0.2, 0.25) is 0 Å². The van der Waals surface area contributed by atoms with Crippen LogP contribution in [0.1, 0.15) is 15.9 Å². The molecule has 0 saturated heterocycles. The van der Waals surface area contributed by atoms with Crippen LogP contribution in [0.4, 0.5) is 0 Å². The minimum atomic E-state index is -0.317. The molecular formula is C21H18ClNO3S. The number of fused-ring (bicyclic) bond motifs is 4. The lowest BCUT2D eigenvalue weighted by Crippen LogP contribution is -2.20. The van der Waals surface area contributed by atoms with Gasteiger partial charge in [-0.25, -0.2) is 4.79 Å². The zero-order valence-corrected chi connectivity index (χ0v) is 16.6. The molecule has 4 rings (SSSR count). The summed E-state index contributed by atoms with van der Waals surface area (Å²) in [6.45, 7) is 1.05. The average Bonchev–Trinajstić information content (AvgIpc) is 2.92. The fourth-order valence-corrected chi connectivity index (χ4v) is 4.40. The topological polar surface area (TPSA) is 38.8 Å². The Morgan fingerprint density at radius 3 is 2.93 bits per heavy atom. The van der Waals surface area contributed by atoms with Crippen molar-refractivity contribution in [2.24, 2.45) is 0 Å². The number of ether oxygens (including phenoxy) is 2. The third kappa shape index (κ3) is 3.46. The summed E-state index contributed by atoms with van der Waals surface area (Å²) in [5.74, 6) is 0.446. The molecule has 0 atom stereocenters. The second kappa shape index (κ2) is 7.35. The van der Waals surface area contributed by atoms with Gasteiger partial charge in [0.1, 0.15) is 6.61 Å². The van der Waals surface area contributed by atoms with E-state index in [9.17, 15) is 4.79 Å². The zero-order chi connectivity index (χ0) is 19.0. The Bertz CT molecular complexity index is 1190. The molecule has 0 N–H and O–H groups in total. The lowest BCUT2D eigenvalue weighted by molar-refractivity contribution is 0.0481. The number of esters is 1. The van der Waals surface area contributed by atoms with Crippen molar-refractivity contribution in [3.8, 4) is 5.75 Å². The maximum Gasteiger partial charge on any atom is 0.338 e. The highest BCUT2D eigenvalue weighted by Gasteiger charge is 2.16. The summed E-state index contributed by atoms with van der Waals surface area (Å²) < 4.78 is 13.0. The van der Waals surface area contributed by atoms with E-state index in [-0.39, 0.29) is 5.97 Å². The van der Waals surface area contributed by atoms with Crippen LogP contribution in [0.3, 0.4) is 0 Å². The molecule has 27 heavy (non-hydrogen) atoms. The number of carbonyl (C=O) groups excluding carboxylic acids is 1. The Hall–Kier alpha value is -2.34. The van der Waals surface area contributed by atoms with Gasteiger partial charge in [-0.05, 0) is 43.6 Å². The Morgan fingerprint density at radius 2 is 2.11 bits per heavy atom. The normalized spacial score (nSPS) is 14.0. The molecule has 2 heterocycles. The van der Waals surface area contributed by atoms with Crippen LogP contribution in [0, 0.1) is 9.75 Å². The predicted octanol–water partition coefficient (Wildman–Crippen LogP) is 2.81. The van der Waals surface area contributed by atoms with Crippen LogP contribution in [-0.4, -0.2) is 38.1 Å². The van der Waals surface area contributed by atoms with E-state index in [1.165, 1.54) is 0 Å². The van der Waals surface area contributed by atoms with Crippen molar-refractivity contribution in [3.05, 3.63) is 67.2 Å². The summed E-state index contributed by atoms with van der Waals surface area (Å²) in [5.41, 5.74) is 1.51. The summed E-state index contributed by atoms with van der Waals surface area (Å²) >= 11 is 7.92. The highest BCUT2D eigenvalue weighted by atomic mass is 35.5. The monoisotopic (exact) mass is 399 g/mol. The van der Waals surface area contributed by atoms with E-state index < -0.39 is 0 Å². The minimum absolute atomic E-state index is 0.317. The summed E-state index contributed by atoms with van der Waals surface area (Å²) in [5, 5.41) is 2.68. The maximum atomic E-state index is 12.4. The molecule has 1 aromatic heterocycles. The number of nitrogens with zero attached hydrogens (tertiary/aromatic N) is 1. The summed E-state index contributed by atoms with van der Waals surface area (Å²) in [6.07, 6.45) is 9.37. The smallest absolute Gasteiger partial charge is 0.338 e. The van der Waals surface area contributed by atoms with E-state index >= 15 is 0 Å². The molecule has 0 spiro atoms. The Labute approximate surface area is 165 Å². The quantitative estimate of drug-likeness (QED) is 0.741. The molecule has 6 heteroatoms. The minimum Gasteiger partial charge on any atom is -0.463 e. The zero-order valence-electron chi connectivity index (χ0n) is 15.0. The van der Waals surface area contributed by atoms with Crippen LogP contribution in [0.25, 0.3) is 17.2 Å². The Kier molecular flexibility index (Phi) is 4.91. The second-order valence-corrected chi connectivity index (χ2v) is 7.97. The molecule has 0 fully saturated rings. The number of thiophene rings is 1. The standard InChI is InChI=1S/C21H18ClNO3S/c1-23(2)9-11-26-21(24)14-7-6-13-4-3-5-15-18-20(17(22)8-10-25-18)27-19(15)16(13)12-14/h3-8,10,12H,9,11H2,1-2H3. The van der Waals surface area contributed by atoms with Gasteiger partial charge in [0.25, 0.3) is 0 Å². The maximum absolute atomic E-state index is 12.4. The molecule has 0 radical (unpaired) electrons. The van der Waals surface area contributed by atoms with Gasteiger partial charge in [0.05, 0.1) is 21.4 Å². The number of hydrogen-bond acceptors (Lipinski definition) is 5. The average molecular weight is 400 g/mol. The molecule has 0 amide bonds. The molecule has 0 bridgehead atoms. The van der Waals surface area contributed by atoms with Crippen molar-refractivity contribution >= 4 is 46.1 Å². The predicted molar refractivity (Wildman–Crippen MR) is 109 cm³/mol. The van der Waals surface area contributed by atoms with E-state index in [0.717, 1.165) is 30.8 Å². The van der Waals surface area contributed by atoms with Crippen molar-refractivity contribution in [2.45, 2.75) is 0 Å².